The minimum absolute atomic E-state index is 0.0755. The summed E-state index contributed by atoms with van der Waals surface area (Å²) in [7, 11) is 0. The fourth-order valence-electron chi connectivity index (χ4n) is 1.84. The lowest BCUT2D eigenvalue weighted by molar-refractivity contribution is -0.136. The largest absolute Gasteiger partial charge is 0.372 e. The van der Waals surface area contributed by atoms with E-state index in [9.17, 15) is 9.18 Å². The molecule has 0 bridgehead atoms. The predicted molar refractivity (Wildman–Crippen MR) is 57.1 cm³/mol. The van der Waals surface area contributed by atoms with E-state index in [4.69, 9.17) is 4.74 Å². The number of carbonyl (C=O) groups excluding carboxylic acids is 1. The van der Waals surface area contributed by atoms with Gasteiger partial charge in [-0.15, -0.1) is 0 Å². The Balaban J connectivity index is 2.05. The molecular weight excluding hydrogens is 209 g/mol. The number of amides is 1. The highest BCUT2D eigenvalue weighted by molar-refractivity contribution is 5.78. The van der Waals surface area contributed by atoms with Crippen molar-refractivity contribution in [2.24, 2.45) is 0 Å². The highest BCUT2D eigenvalue weighted by Gasteiger charge is 2.25. The zero-order valence-electron chi connectivity index (χ0n) is 9.20. The number of fused-ring (bicyclic) bond motifs is 1. The van der Waals surface area contributed by atoms with Crippen molar-refractivity contribution in [1.29, 1.82) is 0 Å². The first-order chi connectivity index (χ1) is 7.72. The van der Waals surface area contributed by atoms with E-state index in [1.807, 2.05) is 13.0 Å². The molecule has 4 heteroatoms. The van der Waals surface area contributed by atoms with Crippen molar-refractivity contribution in [3.05, 3.63) is 35.1 Å². The van der Waals surface area contributed by atoms with Gasteiger partial charge in [0, 0.05) is 25.3 Å². The van der Waals surface area contributed by atoms with Crippen LogP contribution in [0.5, 0.6) is 0 Å². The Bertz CT molecular complexity index is 406. The highest BCUT2D eigenvalue weighted by atomic mass is 19.1. The molecule has 0 spiro atoms. The van der Waals surface area contributed by atoms with Gasteiger partial charge < -0.3 is 9.64 Å². The van der Waals surface area contributed by atoms with E-state index in [0.717, 1.165) is 5.56 Å². The quantitative estimate of drug-likeness (QED) is 0.780. The number of nitrogens with zero attached hydrogens (tertiary/aromatic N) is 1. The van der Waals surface area contributed by atoms with Crippen LogP contribution in [0.3, 0.4) is 0 Å². The van der Waals surface area contributed by atoms with Gasteiger partial charge in [-0.2, -0.15) is 0 Å². The molecule has 0 N–H and O–H groups in total. The number of carbonyl (C=O) groups is 1. The molecular formula is C12H14FNO2. The van der Waals surface area contributed by atoms with Crippen LogP contribution < -0.4 is 0 Å². The second-order valence-electron chi connectivity index (χ2n) is 3.76. The molecule has 3 nitrogen and oxygen atoms in total. The van der Waals surface area contributed by atoms with E-state index < -0.39 is 0 Å². The molecule has 1 heterocycles. The molecule has 0 saturated carbocycles. The average Bonchev–Trinajstić information content (AvgIpc) is 2.71. The topological polar surface area (TPSA) is 29.5 Å². The van der Waals surface area contributed by atoms with Gasteiger partial charge in [0.25, 0.3) is 0 Å². The third-order valence-corrected chi connectivity index (χ3v) is 2.71. The lowest BCUT2D eigenvalue weighted by Crippen LogP contribution is -2.29. The lowest BCUT2D eigenvalue weighted by Gasteiger charge is -2.14. The third-order valence-electron chi connectivity index (χ3n) is 2.71. The maximum atomic E-state index is 13.4. The van der Waals surface area contributed by atoms with E-state index in [1.54, 1.807) is 11.0 Å². The van der Waals surface area contributed by atoms with Gasteiger partial charge in [0.05, 0.1) is 0 Å². The minimum atomic E-state index is -0.232. The predicted octanol–water partition coefficient (Wildman–Crippen LogP) is 1.70. The van der Waals surface area contributed by atoms with Crippen molar-refractivity contribution in [2.45, 2.75) is 20.0 Å². The second kappa shape index (κ2) is 4.61. The van der Waals surface area contributed by atoms with Crippen molar-refractivity contribution in [1.82, 2.24) is 4.90 Å². The first-order valence-electron chi connectivity index (χ1n) is 5.34. The monoisotopic (exact) mass is 223 g/mol. The van der Waals surface area contributed by atoms with E-state index >= 15 is 0 Å². The molecule has 0 unspecified atom stereocenters. The Morgan fingerprint density at radius 2 is 2.31 bits per heavy atom. The molecule has 0 saturated heterocycles. The highest BCUT2D eigenvalue weighted by Crippen LogP contribution is 2.24. The van der Waals surface area contributed by atoms with E-state index in [2.05, 4.69) is 0 Å². The summed E-state index contributed by atoms with van der Waals surface area (Å²) in [6, 6.07) is 4.95. The van der Waals surface area contributed by atoms with Crippen molar-refractivity contribution >= 4 is 5.91 Å². The van der Waals surface area contributed by atoms with Crippen molar-refractivity contribution in [3.8, 4) is 0 Å². The maximum Gasteiger partial charge on any atom is 0.249 e. The van der Waals surface area contributed by atoms with Gasteiger partial charge in [-0.1, -0.05) is 12.1 Å². The van der Waals surface area contributed by atoms with Crippen LogP contribution in [0, 0.1) is 5.82 Å². The Hall–Kier alpha value is -1.42. The Kier molecular flexibility index (Phi) is 3.19. The standard InChI is InChI=1S/C12H14FNO2/c1-2-16-8-12(15)14-6-9-4-3-5-11(13)10(9)7-14/h3-5H,2,6-8H2,1H3. The van der Waals surface area contributed by atoms with Crippen LogP contribution in [0.15, 0.2) is 18.2 Å². The Morgan fingerprint density at radius 1 is 1.50 bits per heavy atom. The number of ether oxygens (including phenoxy) is 1. The van der Waals surface area contributed by atoms with Crippen LogP contribution in [-0.4, -0.2) is 24.0 Å². The van der Waals surface area contributed by atoms with E-state index in [1.165, 1.54) is 6.07 Å². The lowest BCUT2D eigenvalue weighted by atomic mass is 10.1. The molecule has 86 valence electrons. The SMILES string of the molecule is CCOCC(=O)N1Cc2cccc(F)c2C1. The smallest absolute Gasteiger partial charge is 0.249 e. The molecule has 2 rings (SSSR count). The minimum Gasteiger partial charge on any atom is -0.372 e. The number of rotatable bonds is 3. The number of benzene rings is 1. The molecule has 16 heavy (non-hydrogen) atoms. The Morgan fingerprint density at radius 3 is 3.00 bits per heavy atom. The number of hydrogen-bond acceptors (Lipinski definition) is 2. The van der Waals surface area contributed by atoms with Gasteiger partial charge in [-0.3, -0.25) is 4.79 Å². The van der Waals surface area contributed by atoms with Crippen LogP contribution in [0.2, 0.25) is 0 Å². The molecule has 0 radical (unpaired) electrons. The Labute approximate surface area is 93.8 Å². The summed E-state index contributed by atoms with van der Waals surface area (Å²) in [5.74, 6) is -0.318. The molecule has 1 aromatic carbocycles. The first-order valence-corrected chi connectivity index (χ1v) is 5.34. The van der Waals surface area contributed by atoms with Crippen LogP contribution in [-0.2, 0) is 22.6 Å². The van der Waals surface area contributed by atoms with Crippen LogP contribution >= 0.6 is 0 Å². The second-order valence-corrected chi connectivity index (χ2v) is 3.76. The van der Waals surface area contributed by atoms with Gasteiger partial charge in [-0.25, -0.2) is 4.39 Å². The summed E-state index contributed by atoms with van der Waals surface area (Å²) in [4.78, 5) is 13.3. The summed E-state index contributed by atoms with van der Waals surface area (Å²) in [5, 5.41) is 0. The van der Waals surface area contributed by atoms with E-state index in [-0.39, 0.29) is 18.3 Å². The van der Waals surface area contributed by atoms with Crippen LogP contribution in [0.1, 0.15) is 18.1 Å². The van der Waals surface area contributed by atoms with Gasteiger partial charge >= 0.3 is 0 Å². The summed E-state index contributed by atoms with van der Waals surface area (Å²) >= 11 is 0. The van der Waals surface area contributed by atoms with Gasteiger partial charge in [0.1, 0.15) is 12.4 Å². The number of hydrogen-bond donors (Lipinski definition) is 0. The fourth-order valence-corrected chi connectivity index (χ4v) is 1.84. The van der Waals surface area contributed by atoms with Crippen LogP contribution in [0.4, 0.5) is 4.39 Å². The zero-order valence-corrected chi connectivity index (χ0v) is 9.20. The molecule has 1 amide bonds. The average molecular weight is 223 g/mol. The summed E-state index contributed by atoms with van der Waals surface area (Å²) in [5.41, 5.74) is 1.53. The van der Waals surface area contributed by atoms with Crippen molar-refractivity contribution < 1.29 is 13.9 Å². The maximum absolute atomic E-state index is 13.4. The molecule has 1 aliphatic rings. The van der Waals surface area contributed by atoms with Crippen molar-refractivity contribution in [2.75, 3.05) is 13.2 Å². The van der Waals surface area contributed by atoms with Gasteiger partial charge in [0.2, 0.25) is 5.91 Å². The summed E-state index contributed by atoms with van der Waals surface area (Å²) < 4.78 is 18.5. The molecule has 0 aromatic heterocycles. The molecule has 0 fully saturated rings. The molecule has 1 aromatic rings. The molecule has 0 aliphatic carbocycles. The van der Waals surface area contributed by atoms with Crippen molar-refractivity contribution in [3.63, 3.8) is 0 Å². The molecule has 0 atom stereocenters. The van der Waals surface area contributed by atoms with Gasteiger partial charge in [-0.05, 0) is 18.6 Å². The fraction of sp³-hybridized carbons (Fsp3) is 0.417. The van der Waals surface area contributed by atoms with Crippen LogP contribution in [0.25, 0.3) is 0 Å². The summed E-state index contributed by atoms with van der Waals surface area (Å²) in [6.07, 6.45) is 0. The summed E-state index contributed by atoms with van der Waals surface area (Å²) in [6.45, 7) is 3.27. The zero-order chi connectivity index (χ0) is 11.5. The third kappa shape index (κ3) is 2.07. The van der Waals surface area contributed by atoms with Gasteiger partial charge in [0.15, 0.2) is 0 Å². The molecule has 1 aliphatic heterocycles. The van der Waals surface area contributed by atoms with E-state index in [0.29, 0.717) is 25.3 Å². The number of halogens is 1. The first kappa shape index (κ1) is 11.1. The normalized spacial score (nSPS) is 14.0.